The van der Waals surface area contributed by atoms with Crippen molar-refractivity contribution >= 4 is 34.0 Å². The van der Waals surface area contributed by atoms with Gasteiger partial charge in [-0.3, -0.25) is 4.90 Å². The molecular weight excluding hydrogens is 522 g/mol. The fourth-order valence-electron chi connectivity index (χ4n) is 6.73. The predicted molar refractivity (Wildman–Crippen MR) is 151 cm³/mol. The second-order valence-electron chi connectivity index (χ2n) is 11.3. The monoisotopic (exact) mass is 556 g/mol. The molecule has 3 aliphatic heterocycles. The van der Waals surface area contributed by atoms with Gasteiger partial charge in [0.2, 0.25) is 0 Å². The van der Waals surface area contributed by atoms with Crippen LogP contribution >= 0.6 is 11.6 Å². The molecular formula is C29H35ClF2N6O. The number of piperazine rings is 1. The van der Waals surface area contributed by atoms with Gasteiger partial charge in [0.1, 0.15) is 17.9 Å². The average molecular weight is 557 g/mol. The van der Waals surface area contributed by atoms with E-state index >= 15 is 8.78 Å². The van der Waals surface area contributed by atoms with Gasteiger partial charge < -0.3 is 20.7 Å². The molecule has 10 heteroatoms. The van der Waals surface area contributed by atoms with Crippen LogP contribution in [0.15, 0.2) is 24.3 Å². The Bertz CT molecular complexity index is 1390. The van der Waals surface area contributed by atoms with Crippen molar-refractivity contribution < 1.29 is 13.5 Å². The highest BCUT2D eigenvalue weighted by molar-refractivity contribution is 6.34. The summed E-state index contributed by atoms with van der Waals surface area (Å²) in [4.78, 5) is 13.9. The highest BCUT2D eigenvalue weighted by Gasteiger charge is 2.39. The van der Waals surface area contributed by atoms with Crippen LogP contribution in [0.3, 0.4) is 0 Å². The first-order chi connectivity index (χ1) is 18.8. The first-order valence-electron chi connectivity index (χ1n) is 13.9. The zero-order valence-electron chi connectivity index (χ0n) is 22.4. The van der Waals surface area contributed by atoms with Crippen LogP contribution in [-0.4, -0.2) is 65.8 Å². The van der Waals surface area contributed by atoms with E-state index in [1.807, 2.05) is 0 Å². The summed E-state index contributed by atoms with van der Waals surface area (Å²) < 4.78 is 37.6. The topological polar surface area (TPSA) is 79.5 Å². The Morgan fingerprint density at radius 1 is 1.18 bits per heavy atom. The van der Waals surface area contributed by atoms with Gasteiger partial charge in [-0.25, -0.2) is 8.78 Å². The molecule has 4 heterocycles. The molecule has 2 bridgehead atoms. The minimum Gasteiger partial charge on any atom is -0.461 e. The van der Waals surface area contributed by atoms with Gasteiger partial charge in [0.05, 0.1) is 16.2 Å². The Kier molecular flexibility index (Phi) is 7.02. The van der Waals surface area contributed by atoms with Crippen LogP contribution in [0.25, 0.3) is 22.0 Å². The summed E-state index contributed by atoms with van der Waals surface area (Å²) in [6.45, 7) is 5.10. The molecule has 2 aromatic carbocycles. The summed E-state index contributed by atoms with van der Waals surface area (Å²) in [5, 5.41) is 4.19. The van der Waals surface area contributed by atoms with E-state index in [2.05, 4.69) is 34.1 Å². The fraction of sp³-hybridized carbons (Fsp3) is 0.517. The number of rotatable bonds is 7. The lowest BCUT2D eigenvalue weighted by atomic mass is 9.92. The van der Waals surface area contributed by atoms with Crippen molar-refractivity contribution in [3.05, 3.63) is 40.9 Å². The number of aromatic nitrogens is 2. The molecule has 0 amide bonds. The zero-order chi connectivity index (χ0) is 27.3. The number of nitrogens with one attached hydrogen (secondary N) is 1. The van der Waals surface area contributed by atoms with Gasteiger partial charge in [-0.15, -0.1) is 0 Å². The van der Waals surface area contributed by atoms with E-state index in [9.17, 15) is 0 Å². The molecule has 39 heavy (non-hydrogen) atoms. The number of hydrogen-bond donors (Lipinski definition) is 2. The van der Waals surface area contributed by atoms with E-state index in [-0.39, 0.29) is 38.9 Å². The van der Waals surface area contributed by atoms with Crippen LogP contribution in [0, 0.1) is 11.6 Å². The second kappa shape index (κ2) is 10.3. The molecule has 0 aliphatic carbocycles. The highest BCUT2D eigenvalue weighted by Crippen LogP contribution is 2.41. The van der Waals surface area contributed by atoms with Crippen LogP contribution in [0.5, 0.6) is 6.01 Å². The Morgan fingerprint density at radius 2 is 1.95 bits per heavy atom. The van der Waals surface area contributed by atoms with Crippen LogP contribution in [0.4, 0.5) is 20.3 Å². The quantitative estimate of drug-likeness (QED) is 0.377. The minimum absolute atomic E-state index is 0.00303. The summed E-state index contributed by atoms with van der Waals surface area (Å²) in [6, 6.07) is 6.94. The van der Waals surface area contributed by atoms with E-state index < -0.39 is 11.6 Å². The third kappa shape index (κ3) is 4.68. The SMILES string of the molecule is CCCC1(COc2nc(N3CC4CCC(C3)N4)c3cc(Cl)c(-c4cccc(N)c4F)c(F)c3n2)CCCN1C. The number of nitrogens with two attached hydrogens (primary N) is 1. The first kappa shape index (κ1) is 26.5. The van der Waals surface area contributed by atoms with Gasteiger partial charge in [-0.1, -0.05) is 37.1 Å². The molecule has 3 aliphatic rings. The maximum Gasteiger partial charge on any atom is 0.319 e. The molecule has 3 saturated heterocycles. The van der Waals surface area contributed by atoms with Crippen molar-refractivity contribution in [3.8, 4) is 17.1 Å². The minimum atomic E-state index is -0.715. The van der Waals surface area contributed by atoms with Crippen LogP contribution in [0.1, 0.15) is 45.4 Å². The number of ether oxygens (including phenoxy) is 1. The van der Waals surface area contributed by atoms with E-state index in [0.29, 0.717) is 29.9 Å². The number of fused-ring (bicyclic) bond motifs is 3. The van der Waals surface area contributed by atoms with Gasteiger partial charge in [0, 0.05) is 41.7 Å². The smallest absolute Gasteiger partial charge is 0.319 e. The number of nitrogen functional groups attached to an aromatic ring is 1. The lowest BCUT2D eigenvalue weighted by Crippen LogP contribution is -2.51. The standard InChI is InChI=1S/C29H35ClF2N6O/c1-3-10-29(11-5-12-37(29)2)16-39-28-35-26-20(27(36-28)38-14-17-8-9-18(15-38)34-17)13-21(30)23(25(26)32)19-6-4-7-22(33)24(19)31/h4,6-7,13,17-18,34H,3,5,8-12,14-16,33H2,1-2H3. The molecule has 3 N–H and O–H groups in total. The second-order valence-corrected chi connectivity index (χ2v) is 11.7. The molecule has 6 rings (SSSR count). The average Bonchev–Trinajstić information content (AvgIpc) is 3.45. The maximum atomic E-state index is 16.3. The maximum absolute atomic E-state index is 16.3. The Balaban J connectivity index is 1.47. The molecule has 3 aromatic rings. The van der Waals surface area contributed by atoms with Crippen molar-refractivity contribution in [3.63, 3.8) is 0 Å². The van der Waals surface area contributed by atoms with Crippen LogP contribution < -0.4 is 20.7 Å². The number of nitrogens with zero attached hydrogens (tertiary/aromatic N) is 4. The highest BCUT2D eigenvalue weighted by atomic mass is 35.5. The van der Waals surface area contributed by atoms with Crippen molar-refractivity contribution in [2.45, 2.75) is 63.1 Å². The molecule has 1 aromatic heterocycles. The van der Waals surface area contributed by atoms with Crippen molar-refractivity contribution in [1.82, 2.24) is 20.2 Å². The number of hydrogen-bond acceptors (Lipinski definition) is 7. The summed E-state index contributed by atoms with van der Waals surface area (Å²) >= 11 is 6.63. The molecule has 208 valence electrons. The molecule has 3 unspecified atom stereocenters. The van der Waals surface area contributed by atoms with Crippen LogP contribution in [-0.2, 0) is 0 Å². The molecule has 3 fully saturated rings. The largest absolute Gasteiger partial charge is 0.461 e. The molecule has 7 nitrogen and oxygen atoms in total. The summed E-state index contributed by atoms with van der Waals surface area (Å²) in [7, 11) is 2.13. The van der Waals surface area contributed by atoms with Crippen LogP contribution in [0.2, 0.25) is 5.02 Å². The van der Waals surface area contributed by atoms with Gasteiger partial charge in [-0.2, -0.15) is 9.97 Å². The predicted octanol–water partition coefficient (Wildman–Crippen LogP) is 5.39. The van der Waals surface area contributed by atoms with Crippen molar-refractivity contribution in [2.24, 2.45) is 0 Å². The van der Waals surface area contributed by atoms with E-state index in [4.69, 9.17) is 27.1 Å². The fourth-order valence-corrected chi connectivity index (χ4v) is 7.03. The van der Waals surface area contributed by atoms with Gasteiger partial charge in [0.25, 0.3) is 0 Å². The number of likely N-dealkylation sites (tertiary alicyclic amines) is 1. The molecule has 0 radical (unpaired) electrons. The molecule has 0 spiro atoms. The lowest BCUT2D eigenvalue weighted by molar-refractivity contribution is 0.0828. The number of anilines is 2. The van der Waals surface area contributed by atoms with E-state index in [1.54, 1.807) is 12.1 Å². The van der Waals surface area contributed by atoms with Crippen molar-refractivity contribution in [1.29, 1.82) is 0 Å². The Hall–Kier alpha value is -2.75. The summed E-state index contributed by atoms with van der Waals surface area (Å²) in [5.41, 5.74) is 5.61. The van der Waals surface area contributed by atoms with Gasteiger partial charge in [-0.05, 0) is 57.8 Å². The number of halogens is 3. The zero-order valence-corrected chi connectivity index (χ0v) is 23.2. The summed E-state index contributed by atoms with van der Waals surface area (Å²) in [6.07, 6.45) is 6.34. The third-order valence-corrected chi connectivity index (χ3v) is 9.09. The third-order valence-electron chi connectivity index (χ3n) is 8.79. The molecule has 3 atom stereocenters. The molecule has 0 saturated carbocycles. The normalized spacial score (nSPS) is 25.1. The van der Waals surface area contributed by atoms with E-state index in [0.717, 1.165) is 58.2 Å². The summed E-state index contributed by atoms with van der Waals surface area (Å²) in [5.74, 6) is -0.833. The van der Waals surface area contributed by atoms with Gasteiger partial charge in [0.15, 0.2) is 11.6 Å². The Morgan fingerprint density at radius 3 is 2.64 bits per heavy atom. The Labute approximate surface area is 232 Å². The first-order valence-corrected chi connectivity index (χ1v) is 14.3. The number of benzene rings is 2. The van der Waals surface area contributed by atoms with Crippen molar-refractivity contribution in [2.75, 3.05) is 43.9 Å². The van der Waals surface area contributed by atoms with Gasteiger partial charge >= 0.3 is 6.01 Å². The lowest BCUT2D eigenvalue weighted by Gasteiger charge is -2.36. The van der Waals surface area contributed by atoms with E-state index in [1.165, 1.54) is 12.1 Å². The number of likely N-dealkylation sites (N-methyl/N-ethyl adjacent to an activating group) is 1.